The molecular formula is C14H31B2O4PS. The fraction of sp³-hybridized carbons (Fsp3) is 1.00. The first-order chi connectivity index (χ1) is 9.78. The number of hydrogen-bond acceptors (Lipinski definition) is 5. The zero-order valence-corrected chi connectivity index (χ0v) is 17.5. The lowest BCUT2D eigenvalue weighted by molar-refractivity contribution is 0.00578. The lowest BCUT2D eigenvalue weighted by Gasteiger charge is -2.32. The lowest BCUT2D eigenvalue weighted by atomic mass is 9.90. The maximum absolute atomic E-state index is 5.70. The molecule has 0 radical (unpaired) electrons. The minimum Gasteiger partial charge on any atom is -0.400 e. The molecule has 2 rings (SSSR count). The Bertz CT molecular complexity index is 323. The van der Waals surface area contributed by atoms with Gasteiger partial charge in [0.05, 0.1) is 22.4 Å². The van der Waals surface area contributed by atoms with Crippen LogP contribution in [0.25, 0.3) is 0 Å². The average Bonchev–Trinajstić information content (AvgIpc) is 2.69. The Morgan fingerprint density at radius 1 is 0.682 bits per heavy atom. The van der Waals surface area contributed by atoms with Crippen molar-refractivity contribution < 1.29 is 18.6 Å². The molecule has 0 aromatic heterocycles. The van der Waals surface area contributed by atoms with E-state index in [-0.39, 0.29) is 35.6 Å². The normalized spacial score (nSPS) is 28.1. The SMILES string of the molecule is CPB1OC(C)(C)C(C)(C)O1.CSB1OC(C)(C)C(C)(C)O1. The van der Waals surface area contributed by atoms with Gasteiger partial charge in [-0.15, -0.1) is 11.6 Å². The molecular weight excluding hydrogens is 317 g/mol. The largest absolute Gasteiger partial charge is 0.532 e. The van der Waals surface area contributed by atoms with Gasteiger partial charge >= 0.3 is 13.2 Å². The first kappa shape index (κ1) is 20.8. The van der Waals surface area contributed by atoms with E-state index in [2.05, 4.69) is 62.1 Å². The summed E-state index contributed by atoms with van der Waals surface area (Å²) in [5, 5.41) is 0. The zero-order valence-electron chi connectivity index (χ0n) is 15.7. The van der Waals surface area contributed by atoms with Gasteiger partial charge in [-0.2, -0.15) is 0 Å². The second-order valence-corrected chi connectivity index (χ2v) is 9.56. The molecule has 0 aliphatic carbocycles. The summed E-state index contributed by atoms with van der Waals surface area (Å²) < 4.78 is 22.7. The van der Waals surface area contributed by atoms with Crippen molar-refractivity contribution in [2.24, 2.45) is 0 Å². The second-order valence-electron chi connectivity index (χ2n) is 7.66. The van der Waals surface area contributed by atoms with Gasteiger partial charge < -0.3 is 18.6 Å². The van der Waals surface area contributed by atoms with Gasteiger partial charge in [-0.1, -0.05) is 8.46 Å². The first-order valence-corrected chi connectivity index (χ1v) is 10.6. The quantitative estimate of drug-likeness (QED) is 0.560. The van der Waals surface area contributed by atoms with E-state index in [0.717, 1.165) is 0 Å². The van der Waals surface area contributed by atoms with Crippen molar-refractivity contribution in [3.05, 3.63) is 0 Å². The highest BCUT2D eigenvalue weighted by Gasteiger charge is 2.51. The maximum Gasteiger partial charge on any atom is 0.532 e. The molecule has 0 saturated carbocycles. The third-order valence-electron chi connectivity index (χ3n) is 4.91. The molecule has 2 fully saturated rings. The van der Waals surface area contributed by atoms with Gasteiger partial charge in [0.15, 0.2) is 0 Å². The topological polar surface area (TPSA) is 36.9 Å². The summed E-state index contributed by atoms with van der Waals surface area (Å²) in [5.74, 6) is 0. The molecule has 0 bridgehead atoms. The van der Waals surface area contributed by atoms with Crippen molar-refractivity contribution in [3.63, 3.8) is 0 Å². The Balaban J connectivity index is 0.000000220. The highest BCUT2D eigenvalue weighted by Crippen LogP contribution is 2.40. The predicted molar refractivity (Wildman–Crippen MR) is 99.9 cm³/mol. The van der Waals surface area contributed by atoms with Crippen molar-refractivity contribution in [2.45, 2.75) is 77.8 Å². The van der Waals surface area contributed by atoms with Crippen LogP contribution < -0.4 is 0 Å². The Labute approximate surface area is 143 Å². The molecule has 0 aromatic carbocycles. The van der Waals surface area contributed by atoms with E-state index >= 15 is 0 Å². The second kappa shape index (κ2) is 6.93. The van der Waals surface area contributed by atoms with E-state index in [4.69, 9.17) is 18.6 Å². The molecule has 2 aliphatic heterocycles. The molecule has 0 N–H and O–H groups in total. The summed E-state index contributed by atoms with van der Waals surface area (Å²) in [7, 11) is 0.700. The van der Waals surface area contributed by atoms with Crippen LogP contribution in [-0.4, -0.2) is 48.6 Å². The zero-order chi connectivity index (χ0) is 17.4. The Morgan fingerprint density at radius 3 is 1.18 bits per heavy atom. The summed E-state index contributed by atoms with van der Waals surface area (Å²) in [6.07, 6.45) is 1.89. The molecule has 2 saturated heterocycles. The van der Waals surface area contributed by atoms with Crippen molar-refractivity contribution in [2.75, 3.05) is 12.9 Å². The van der Waals surface area contributed by atoms with E-state index in [9.17, 15) is 0 Å². The van der Waals surface area contributed by atoms with Crippen LogP contribution in [0.3, 0.4) is 0 Å². The Kier molecular flexibility index (Phi) is 6.55. The molecule has 8 heteroatoms. The number of hydrogen-bond donors (Lipinski definition) is 0. The van der Waals surface area contributed by atoms with Crippen LogP contribution in [0, 0.1) is 0 Å². The summed E-state index contributed by atoms with van der Waals surface area (Å²) in [5.41, 5.74) is -0.664. The lowest BCUT2D eigenvalue weighted by Crippen LogP contribution is -2.41. The number of rotatable bonds is 2. The van der Waals surface area contributed by atoms with E-state index in [1.54, 1.807) is 11.6 Å². The van der Waals surface area contributed by atoms with Gasteiger partial charge in [-0.25, -0.2) is 0 Å². The van der Waals surface area contributed by atoms with Crippen LogP contribution in [-0.2, 0) is 18.6 Å². The monoisotopic (exact) mass is 348 g/mol. The van der Waals surface area contributed by atoms with Gasteiger partial charge in [-0.05, 0) is 68.3 Å². The Morgan fingerprint density at radius 2 is 1.00 bits per heavy atom. The molecule has 4 nitrogen and oxygen atoms in total. The van der Waals surface area contributed by atoms with Crippen molar-refractivity contribution >= 4 is 33.3 Å². The fourth-order valence-electron chi connectivity index (χ4n) is 1.85. The van der Waals surface area contributed by atoms with Crippen LogP contribution in [0.5, 0.6) is 0 Å². The molecule has 1 unspecified atom stereocenters. The van der Waals surface area contributed by atoms with E-state index in [0.29, 0.717) is 8.46 Å². The van der Waals surface area contributed by atoms with Crippen LogP contribution in [0.1, 0.15) is 55.4 Å². The van der Waals surface area contributed by atoms with Gasteiger partial charge in [-0.3, -0.25) is 0 Å². The summed E-state index contributed by atoms with van der Waals surface area (Å²) in [4.78, 5) is 0. The van der Waals surface area contributed by atoms with Crippen LogP contribution in [0.4, 0.5) is 0 Å². The molecule has 1 atom stereocenters. The highest BCUT2D eigenvalue weighted by atomic mass is 32.2. The fourth-order valence-corrected chi connectivity index (χ4v) is 3.34. The van der Waals surface area contributed by atoms with E-state index in [1.807, 2.05) is 6.26 Å². The van der Waals surface area contributed by atoms with Gasteiger partial charge in [0.25, 0.3) is 0 Å². The van der Waals surface area contributed by atoms with Gasteiger partial charge in [0.2, 0.25) is 0 Å². The highest BCUT2D eigenvalue weighted by molar-refractivity contribution is 8.23. The van der Waals surface area contributed by atoms with Crippen LogP contribution in [0.15, 0.2) is 0 Å². The van der Waals surface area contributed by atoms with Crippen LogP contribution in [0.2, 0.25) is 0 Å². The smallest absolute Gasteiger partial charge is 0.400 e. The van der Waals surface area contributed by atoms with Crippen LogP contribution >= 0.6 is 20.1 Å². The molecule has 2 heterocycles. The average molecular weight is 348 g/mol. The molecule has 0 amide bonds. The minimum absolute atomic E-state index is 0.0139. The molecule has 0 spiro atoms. The first-order valence-electron chi connectivity index (χ1n) is 7.69. The van der Waals surface area contributed by atoms with Crippen molar-refractivity contribution in [3.8, 4) is 0 Å². The van der Waals surface area contributed by atoms with Gasteiger partial charge in [0, 0.05) is 0 Å². The minimum atomic E-state index is -0.180. The summed E-state index contributed by atoms with van der Waals surface area (Å²) in [6, 6.07) is 0. The summed E-state index contributed by atoms with van der Waals surface area (Å²) in [6.45, 7) is 18.7. The molecule has 2 aliphatic rings. The Hall–Kier alpha value is 0.750. The van der Waals surface area contributed by atoms with Crippen molar-refractivity contribution in [1.29, 1.82) is 0 Å². The standard InChI is InChI=1S/C7H16BO2P.C7H15BO2S/c2*1-6(2)7(3,4)10-8(9-6)11-5/h11H,1-5H3;1-5H3. The maximum atomic E-state index is 5.70. The van der Waals surface area contributed by atoms with E-state index in [1.165, 1.54) is 0 Å². The third-order valence-corrected chi connectivity index (χ3v) is 6.20. The molecule has 22 heavy (non-hydrogen) atoms. The molecule has 128 valence electrons. The third kappa shape index (κ3) is 4.43. The van der Waals surface area contributed by atoms with E-state index < -0.39 is 0 Å². The predicted octanol–water partition coefficient (Wildman–Crippen LogP) is 3.82. The molecule has 0 aromatic rings. The van der Waals surface area contributed by atoms with Gasteiger partial charge in [0.1, 0.15) is 0 Å². The summed E-state index contributed by atoms with van der Waals surface area (Å²) >= 11 is 1.59. The van der Waals surface area contributed by atoms with Crippen molar-refractivity contribution in [1.82, 2.24) is 0 Å².